The highest BCUT2D eigenvalue weighted by Gasteiger charge is 2.00. The van der Waals surface area contributed by atoms with Gasteiger partial charge in [0.25, 0.3) is 5.56 Å². The Morgan fingerprint density at radius 2 is 2.00 bits per heavy atom. The SMILES string of the molecule is CCOc1ccc(-c2nccc(=O)[nH]2)cc1. The van der Waals surface area contributed by atoms with Gasteiger partial charge in [-0.2, -0.15) is 0 Å². The molecule has 16 heavy (non-hydrogen) atoms. The zero-order valence-electron chi connectivity index (χ0n) is 8.93. The van der Waals surface area contributed by atoms with Gasteiger partial charge in [-0.1, -0.05) is 0 Å². The molecule has 0 fully saturated rings. The van der Waals surface area contributed by atoms with Gasteiger partial charge in [0.1, 0.15) is 11.6 Å². The number of nitrogens with zero attached hydrogens (tertiary/aromatic N) is 1. The Kier molecular flexibility index (Phi) is 3.00. The molecule has 0 bridgehead atoms. The van der Waals surface area contributed by atoms with Gasteiger partial charge < -0.3 is 9.72 Å². The highest BCUT2D eigenvalue weighted by atomic mass is 16.5. The molecule has 1 heterocycles. The third-order valence-corrected chi connectivity index (χ3v) is 2.11. The minimum absolute atomic E-state index is 0.154. The Morgan fingerprint density at radius 1 is 1.25 bits per heavy atom. The van der Waals surface area contributed by atoms with E-state index in [0.29, 0.717) is 12.4 Å². The predicted octanol–water partition coefficient (Wildman–Crippen LogP) is 1.84. The molecule has 4 nitrogen and oxygen atoms in total. The Bertz CT molecular complexity index is 517. The second-order valence-corrected chi connectivity index (χ2v) is 3.24. The van der Waals surface area contributed by atoms with Crippen molar-refractivity contribution in [3.63, 3.8) is 0 Å². The molecule has 4 heteroatoms. The van der Waals surface area contributed by atoms with E-state index < -0.39 is 0 Å². The van der Waals surface area contributed by atoms with Crippen LogP contribution in [0.2, 0.25) is 0 Å². The lowest BCUT2D eigenvalue weighted by atomic mass is 10.2. The molecule has 0 amide bonds. The molecule has 0 aliphatic carbocycles. The first-order valence-electron chi connectivity index (χ1n) is 5.08. The molecule has 0 spiro atoms. The fourth-order valence-electron chi connectivity index (χ4n) is 1.39. The van der Waals surface area contributed by atoms with Gasteiger partial charge in [-0.05, 0) is 31.2 Å². The molecule has 1 N–H and O–H groups in total. The van der Waals surface area contributed by atoms with Crippen molar-refractivity contribution in [2.75, 3.05) is 6.61 Å². The van der Waals surface area contributed by atoms with Crippen molar-refractivity contribution in [3.05, 3.63) is 46.9 Å². The first-order valence-corrected chi connectivity index (χ1v) is 5.08. The zero-order valence-corrected chi connectivity index (χ0v) is 8.93. The van der Waals surface area contributed by atoms with Crippen LogP contribution in [0.1, 0.15) is 6.92 Å². The van der Waals surface area contributed by atoms with E-state index in [-0.39, 0.29) is 5.56 Å². The minimum Gasteiger partial charge on any atom is -0.494 e. The number of rotatable bonds is 3. The van der Waals surface area contributed by atoms with Gasteiger partial charge in [0.15, 0.2) is 0 Å². The number of hydrogen-bond donors (Lipinski definition) is 1. The number of aromatic amines is 1. The summed E-state index contributed by atoms with van der Waals surface area (Å²) in [6.07, 6.45) is 1.49. The highest BCUT2D eigenvalue weighted by molar-refractivity contribution is 5.55. The normalized spacial score (nSPS) is 10.1. The molecule has 1 aromatic carbocycles. The third-order valence-electron chi connectivity index (χ3n) is 2.11. The van der Waals surface area contributed by atoms with Crippen LogP contribution in [0.15, 0.2) is 41.3 Å². The lowest BCUT2D eigenvalue weighted by molar-refractivity contribution is 0.340. The van der Waals surface area contributed by atoms with Crippen molar-refractivity contribution in [2.45, 2.75) is 6.92 Å². The van der Waals surface area contributed by atoms with Crippen molar-refractivity contribution in [2.24, 2.45) is 0 Å². The second-order valence-electron chi connectivity index (χ2n) is 3.24. The van der Waals surface area contributed by atoms with Crippen LogP contribution in [0.25, 0.3) is 11.4 Å². The van der Waals surface area contributed by atoms with Crippen molar-refractivity contribution in [3.8, 4) is 17.1 Å². The molecule has 1 aromatic heterocycles. The van der Waals surface area contributed by atoms with Gasteiger partial charge in [-0.3, -0.25) is 4.79 Å². The molecular formula is C12H12N2O2. The van der Waals surface area contributed by atoms with Gasteiger partial charge in [0.05, 0.1) is 6.61 Å². The predicted molar refractivity (Wildman–Crippen MR) is 61.5 cm³/mol. The summed E-state index contributed by atoms with van der Waals surface area (Å²) in [6, 6.07) is 8.82. The number of hydrogen-bond acceptors (Lipinski definition) is 3. The average Bonchev–Trinajstić information content (AvgIpc) is 2.30. The third kappa shape index (κ3) is 2.28. The molecular weight excluding hydrogens is 204 g/mol. The summed E-state index contributed by atoms with van der Waals surface area (Å²) in [6.45, 7) is 2.57. The maximum Gasteiger partial charge on any atom is 0.251 e. The smallest absolute Gasteiger partial charge is 0.251 e. The van der Waals surface area contributed by atoms with E-state index in [2.05, 4.69) is 9.97 Å². The van der Waals surface area contributed by atoms with E-state index >= 15 is 0 Å². The van der Waals surface area contributed by atoms with Gasteiger partial charge in [-0.15, -0.1) is 0 Å². The second kappa shape index (κ2) is 4.61. The van der Waals surface area contributed by atoms with Crippen LogP contribution in [0.3, 0.4) is 0 Å². The van der Waals surface area contributed by atoms with Crippen LogP contribution in [0.5, 0.6) is 5.75 Å². The maximum absolute atomic E-state index is 11.1. The Hall–Kier alpha value is -2.10. The first kappa shape index (κ1) is 10.4. The highest BCUT2D eigenvalue weighted by Crippen LogP contribution is 2.18. The number of ether oxygens (including phenoxy) is 1. The van der Waals surface area contributed by atoms with Crippen LogP contribution < -0.4 is 10.3 Å². The van der Waals surface area contributed by atoms with E-state index in [1.54, 1.807) is 0 Å². The van der Waals surface area contributed by atoms with Crippen LogP contribution in [-0.2, 0) is 0 Å². The molecule has 0 aliphatic heterocycles. The average molecular weight is 216 g/mol. The first-order chi connectivity index (χ1) is 7.79. The summed E-state index contributed by atoms with van der Waals surface area (Å²) in [7, 11) is 0. The topological polar surface area (TPSA) is 55.0 Å². The van der Waals surface area contributed by atoms with Crippen molar-refractivity contribution < 1.29 is 4.74 Å². The van der Waals surface area contributed by atoms with Crippen molar-refractivity contribution in [1.82, 2.24) is 9.97 Å². The van der Waals surface area contributed by atoms with Gasteiger partial charge in [0.2, 0.25) is 0 Å². The lowest BCUT2D eigenvalue weighted by Gasteiger charge is -2.04. The monoisotopic (exact) mass is 216 g/mol. The molecule has 0 radical (unpaired) electrons. The van der Waals surface area contributed by atoms with E-state index in [1.165, 1.54) is 12.3 Å². The lowest BCUT2D eigenvalue weighted by Crippen LogP contribution is -2.05. The minimum atomic E-state index is -0.154. The quantitative estimate of drug-likeness (QED) is 0.851. The van der Waals surface area contributed by atoms with Crippen LogP contribution >= 0.6 is 0 Å². The summed E-state index contributed by atoms with van der Waals surface area (Å²) in [5.41, 5.74) is 0.708. The zero-order chi connectivity index (χ0) is 11.4. The van der Waals surface area contributed by atoms with Crippen molar-refractivity contribution in [1.29, 1.82) is 0 Å². The standard InChI is InChI=1S/C12H12N2O2/c1-2-16-10-5-3-9(4-6-10)12-13-8-7-11(15)14-12/h3-8H,2H2,1H3,(H,13,14,15). The summed E-state index contributed by atoms with van der Waals surface area (Å²) >= 11 is 0. The van der Waals surface area contributed by atoms with Gasteiger partial charge in [0, 0.05) is 17.8 Å². The summed E-state index contributed by atoms with van der Waals surface area (Å²) in [4.78, 5) is 17.9. The number of benzene rings is 1. The fraction of sp³-hybridized carbons (Fsp3) is 0.167. The van der Waals surface area contributed by atoms with E-state index in [9.17, 15) is 4.79 Å². The van der Waals surface area contributed by atoms with Crippen LogP contribution in [-0.4, -0.2) is 16.6 Å². The molecule has 0 aliphatic rings. The number of H-pyrrole nitrogens is 1. The molecule has 0 unspecified atom stereocenters. The largest absolute Gasteiger partial charge is 0.494 e. The molecule has 0 saturated heterocycles. The molecule has 2 rings (SSSR count). The molecule has 82 valence electrons. The van der Waals surface area contributed by atoms with Gasteiger partial charge >= 0.3 is 0 Å². The Morgan fingerprint density at radius 3 is 2.62 bits per heavy atom. The maximum atomic E-state index is 11.1. The van der Waals surface area contributed by atoms with Crippen molar-refractivity contribution >= 4 is 0 Å². The van der Waals surface area contributed by atoms with E-state index in [1.807, 2.05) is 31.2 Å². The molecule has 0 saturated carbocycles. The fourth-order valence-corrected chi connectivity index (χ4v) is 1.39. The summed E-state index contributed by atoms with van der Waals surface area (Å²) in [5, 5.41) is 0. The number of aromatic nitrogens is 2. The Labute approximate surface area is 92.9 Å². The summed E-state index contributed by atoms with van der Waals surface area (Å²) < 4.78 is 5.33. The number of nitrogens with one attached hydrogen (secondary N) is 1. The van der Waals surface area contributed by atoms with Crippen LogP contribution in [0, 0.1) is 0 Å². The molecule has 0 atom stereocenters. The van der Waals surface area contributed by atoms with E-state index in [0.717, 1.165) is 11.3 Å². The Balaban J connectivity index is 2.31. The van der Waals surface area contributed by atoms with Crippen LogP contribution in [0.4, 0.5) is 0 Å². The van der Waals surface area contributed by atoms with E-state index in [4.69, 9.17) is 4.74 Å². The molecule has 2 aromatic rings. The van der Waals surface area contributed by atoms with Gasteiger partial charge in [-0.25, -0.2) is 4.98 Å². The summed E-state index contributed by atoms with van der Waals surface area (Å²) in [5.74, 6) is 1.38.